The van der Waals surface area contributed by atoms with Crippen molar-refractivity contribution in [3.8, 4) is 22.9 Å². The highest BCUT2D eigenvalue weighted by Crippen LogP contribution is 2.34. The van der Waals surface area contributed by atoms with Crippen LogP contribution in [0.4, 0.5) is 0 Å². The summed E-state index contributed by atoms with van der Waals surface area (Å²) in [6.45, 7) is 2.33. The monoisotopic (exact) mass is 350 g/mol. The van der Waals surface area contributed by atoms with Crippen molar-refractivity contribution in [3.05, 3.63) is 53.6 Å². The largest absolute Gasteiger partial charge is 0.454 e. The quantitative estimate of drug-likeness (QED) is 0.709. The first-order chi connectivity index (χ1) is 12.3. The van der Waals surface area contributed by atoms with E-state index in [1.54, 1.807) is 11.8 Å². The predicted molar refractivity (Wildman–Crippen MR) is 95.4 cm³/mol. The molecular formula is C18H14N4O2S. The Labute approximate surface area is 148 Å². The summed E-state index contributed by atoms with van der Waals surface area (Å²) in [7, 11) is 0. The van der Waals surface area contributed by atoms with Crippen LogP contribution < -0.4 is 9.47 Å². The van der Waals surface area contributed by atoms with Crippen LogP contribution in [0.15, 0.2) is 52.7 Å². The molecule has 7 heteroatoms. The molecule has 6 nitrogen and oxygen atoms in total. The average molecular weight is 350 g/mol. The van der Waals surface area contributed by atoms with E-state index >= 15 is 0 Å². The zero-order valence-corrected chi connectivity index (χ0v) is 14.3. The molecule has 0 radical (unpaired) electrons. The molecule has 3 heterocycles. The highest BCUT2D eigenvalue weighted by molar-refractivity contribution is 7.99. The fourth-order valence-electron chi connectivity index (χ4n) is 2.91. The highest BCUT2D eigenvalue weighted by Gasteiger charge is 2.22. The van der Waals surface area contributed by atoms with Crippen LogP contribution >= 0.6 is 11.8 Å². The maximum atomic E-state index is 5.48. The van der Waals surface area contributed by atoms with Gasteiger partial charge in [0, 0.05) is 16.9 Å². The van der Waals surface area contributed by atoms with E-state index in [2.05, 4.69) is 29.3 Å². The second kappa shape index (κ2) is 5.63. The zero-order valence-electron chi connectivity index (χ0n) is 13.5. The third kappa shape index (κ3) is 2.47. The molecule has 124 valence electrons. The van der Waals surface area contributed by atoms with Gasteiger partial charge in [0.05, 0.1) is 5.71 Å². The van der Waals surface area contributed by atoms with Gasteiger partial charge in [-0.25, -0.2) is 0 Å². The summed E-state index contributed by atoms with van der Waals surface area (Å²) in [5.41, 5.74) is 4.17. The van der Waals surface area contributed by atoms with Crippen molar-refractivity contribution in [2.24, 2.45) is 5.10 Å². The Kier molecular flexibility index (Phi) is 3.27. The molecule has 2 aliphatic rings. The van der Waals surface area contributed by atoms with E-state index in [1.807, 2.05) is 35.0 Å². The fourth-order valence-corrected chi connectivity index (χ4v) is 3.75. The number of hydrogen-bond acceptors (Lipinski definition) is 6. The molecule has 2 aromatic carbocycles. The maximum absolute atomic E-state index is 5.48. The summed E-state index contributed by atoms with van der Waals surface area (Å²) in [6, 6.07) is 14.1. The number of ether oxygens (including phenoxy) is 2. The van der Waals surface area contributed by atoms with Crippen LogP contribution in [-0.2, 0) is 0 Å². The van der Waals surface area contributed by atoms with Crippen molar-refractivity contribution in [2.75, 3.05) is 12.5 Å². The number of hydrogen-bond donors (Lipinski definition) is 0. The van der Waals surface area contributed by atoms with Gasteiger partial charge in [0.2, 0.25) is 11.9 Å². The van der Waals surface area contributed by atoms with E-state index in [-0.39, 0.29) is 6.79 Å². The van der Waals surface area contributed by atoms with Crippen molar-refractivity contribution in [2.45, 2.75) is 12.1 Å². The lowest BCUT2D eigenvalue weighted by Gasteiger charge is -2.14. The van der Waals surface area contributed by atoms with Crippen molar-refractivity contribution < 1.29 is 9.47 Å². The number of thioether (sulfide) groups is 1. The second-order valence-corrected chi connectivity index (χ2v) is 6.83. The fraction of sp³-hybridized carbons (Fsp3) is 0.167. The van der Waals surface area contributed by atoms with Gasteiger partial charge in [0.1, 0.15) is 0 Å². The van der Waals surface area contributed by atoms with E-state index < -0.39 is 0 Å². The lowest BCUT2D eigenvalue weighted by atomic mass is 10.1. The van der Waals surface area contributed by atoms with E-state index in [1.165, 1.54) is 5.56 Å². The van der Waals surface area contributed by atoms with Crippen molar-refractivity contribution in [1.29, 1.82) is 0 Å². The van der Waals surface area contributed by atoms with Crippen LogP contribution in [0.2, 0.25) is 0 Å². The second-order valence-electron chi connectivity index (χ2n) is 5.89. The van der Waals surface area contributed by atoms with Gasteiger partial charge in [-0.3, -0.25) is 0 Å². The van der Waals surface area contributed by atoms with E-state index in [4.69, 9.17) is 14.6 Å². The smallest absolute Gasteiger partial charge is 0.231 e. The third-order valence-corrected chi connectivity index (χ3v) is 5.08. The van der Waals surface area contributed by atoms with E-state index in [9.17, 15) is 0 Å². The molecule has 5 rings (SSSR count). The zero-order chi connectivity index (χ0) is 16.8. The number of benzene rings is 2. The molecule has 0 aliphatic carbocycles. The lowest BCUT2D eigenvalue weighted by Crippen LogP contribution is -2.13. The first kappa shape index (κ1) is 14.5. The van der Waals surface area contributed by atoms with Gasteiger partial charge >= 0.3 is 0 Å². The van der Waals surface area contributed by atoms with Gasteiger partial charge in [-0.05, 0) is 31.2 Å². The van der Waals surface area contributed by atoms with Gasteiger partial charge in [-0.1, -0.05) is 35.5 Å². The molecule has 0 fully saturated rings. The third-order valence-electron chi connectivity index (χ3n) is 4.15. The number of aryl methyl sites for hydroxylation is 1. The standard InChI is InChI=1S/C18H14N4O2S/c1-11-3-2-4-13(7-11)17-19-20-18-22(17)21-14(9-25-18)12-5-6-15-16(8-12)24-10-23-15/h2-8H,9-10H2,1H3. The van der Waals surface area contributed by atoms with Crippen LogP contribution in [0, 0.1) is 6.92 Å². The molecule has 0 saturated carbocycles. The first-order valence-electron chi connectivity index (χ1n) is 7.91. The van der Waals surface area contributed by atoms with Gasteiger partial charge in [-0.15, -0.1) is 10.2 Å². The summed E-state index contributed by atoms with van der Waals surface area (Å²) in [4.78, 5) is 0. The molecule has 0 N–H and O–H groups in total. The number of nitrogens with zero attached hydrogens (tertiary/aromatic N) is 4. The predicted octanol–water partition coefficient (Wildman–Crippen LogP) is 3.34. The Morgan fingerprint density at radius 2 is 1.92 bits per heavy atom. The minimum atomic E-state index is 0.271. The molecule has 0 spiro atoms. The molecule has 0 bridgehead atoms. The molecule has 25 heavy (non-hydrogen) atoms. The van der Waals surface area contributed by atoms with Gasteiger partial charge in [-0.2, -0.15) is 9.78 Å². The Hall–Kier alpha value is -2.80. The topological polar surface area (TPSA) is 61.5 Å². The number of fused-ring (bicyclic) bond motifs is 2. The van der Waals surface area contributed by atoms with Gasteiger partial charge in [0.25, 0.3) is 0 Å². The van der Waals surface area contributed by atoms with Gasteiger partial charge < -0.3 is 9.47 Å². The summed E-state index contributed by atoms with van der Waals surface area (Å²) < 4.78 is 12.7. The van der Waals surface area contributed by atoms with E-state index in [0.29, 0.717) is 0 Å². The molecule has 3 aromatic rings. The van der Waals surface area contributed by atoms with Crippen LogP contribution in [0.5, 0.6) is 11.5 Å². The highest BCUT2D eigenvalue weighted by atomic mass is 32.2. The Morgan fingerprint density at radius 3 is 2.84 bits per heavy atom. The summed E-state index contributed by atoms with van der Waals surface area (Å²) in [5.74, 6) is 3.03. The minimum Gasteiger partial charge on any atom is -0.454 e. The minimum absolute atomic E-state index is 0.271. The van der Waals surface area contributed by atoms with Crippen molar-refractivity contribution in [1.82, 2.24) is 14.9 Å². The molecule has 0 atom stereocenters. The summed E-state index contributed by atoms with van der Waals surface area (Å²) >= 11 is 1.63. The number of rotatable bonds is 2. The Balaban J connectivity index is 1.58. The first-order valence-corrected chi connectivity index (χ1v) is 8.89. The Bertz CT molecular complexity index is 1010. The van der Waals surface area contributed by atoms with Crippen LogP contribution in [-0.4, -0.2) is 33.1 Å². The number of aromatic nitrogens is 3. The molecular weight excluding hydrogens is 336 g/mol. The van der Waals surface area contributed by atoms with Crippen molar-refractivity contribution in [3.63, 3.8) is 0 Å². The lowest BCUT2D eigenvalue weighted by molar-refractivity contribution is 0.174. The Morgan fingerprint density at radius 1 is 1.00 bits per heavy atom. The molecule has 0 amide bonds. The molecule has 0 saturated heterocycles. The van der Waals surface area contributed by atoms with Crippen molar-refractivity contribution >= 4 is 17.5 Å². The van der Waals surface area contributed by atoms with Gasteiger partial charge in [0.15, 0.2) is 17.3 Å². The normalized spacial score (nSPS) is 15.0. The molecule has 2 aliphatic heterocycles. The van der Waals surface area contributed by atoms with E-state index in [0.717, 1.165) is 45.1 Å². The van der Waals surface area contributed by atoms with Crippen LogP contribution in [0.1, 0.15) is 11.1 Å². The SMILES string of the molecule is Cc1cccc(-c2nnc3n2N=C(c2ccc4c(c2)OCO4)CS3)c1. The maximum Gasteiger partial charge on any atom is 0.231 e. The molecule has 1 aromatic heterocycles. The summed E-state index contributed by atoms with van der Waals surface area (Å²) in [5, 5.41) is 14.2. The van der Waals surface area contributed by atoms with Crippen LogP contribution in [0.3, 0.4) is 0 Å². The molecule has 0 unspecified atom stereocenters. The summed E-state index contributed by atoms with van der Waals surface area (Å²) in [6.07, 6.45) is 0. The van der Waals surface area contributed by atoms with Crippen LogP contribution in [0.25, 0.3) is 11.4 Å². The average Bonchev–Trinajstić information content (AvgIpc) is 3.27.